The molecule has 3 N–H and O–H groups in total. The van der Waals surface area contributed by atoms with E-state index in [9.17, 15) is 14.4 Å². The number of imide groups is 1. The van der Waals surface area contributed by atoms with Crippen LogP contribution in [0.1, 0.15) is 17.2 Å². The summed E-state index contributed by atoms with van der Waals surface area (Å²) in [6, 6.07) is 13.6. The number of amides is 3. The van der Waals surface area contributed by atoms with Crippen LogP contribution in [0.5, 0.6) is 0 Å². The van der Waals surface area contributed by atoms with Gasteiger partial charge in [-0.1, -0.05) is 35.9 Å². The zero-order valence-electron chi connectivity index (χ0n) is 14.7. The normalized spacial score (nSPS) is 29.7. The lowest BCUT2D eigenvalue weighted by Gasteiger charge is -2.29. The van der Waals surface area contributed by atoms with Crippen LogP contribution in [0.15, 0.2) is 54.7 Å². The van der Waals surface area contributed by atoms with Crippen molar-refractivity contribution in [1.29, 1.82) is 0 Å². The summed E-state index contributed by atoms with van der Waals surface area (Å²) in [6.07, 6.45) is 3.85. The summed E-state index contributed by atoms with van der Waals surface area (Å²) in [7, 11) is 0. The van der Waals surface area contributed by atoms with Gasteiger partial charge in [0.05, 0.1) is 6.20 Å². The van der Waals surface area contributed by atoms with Crippen molar-refractivity contribution in [1.82, 2.24) is 5.32 Å². The Morgan fingerprint density at radius 1 is 1.00 bits per heavy atom. The van der Waals surface area contributed by atoms with Gasteiger partial charge in [-0.15, -0.1) is 0 Å². The first-order valence-corrected chi connectivity index (χ1v) is 9.47. The number of carbonyl (C=O) groups is 3. The van der Waals surface area contributed by atoms with Crippen molar-refractivity contribution in [2.45, 2.75) is 12.1 Å². The summed E-state index contributed by atoms with van der Waals surface area (Å²) < 4.78 is 0. The molecule has 28 heavy (non-hydrogen) atoms. The van der Waals surface area contributed by atoms with Crippen LogP contribution in [0.4, 0.5) is 5.69 Å². The number of hydrogen-bond acceptors (Lipinski definition) is 3. The van der Waals surface area contributed by atoms with E-state index in [0.717, 1.165) is 16.0 Å². The molecular formula is C21H17ClN3O3+. The lowest BCUT2D eigenvalue weighted by Crippen LogP contribution is -3.12. The van der Waals surface area contributed by atoms with Crippen LogP contribution < -0.4 is 15.5 Å². The van der Waals surface area contributed by atoms with Gasteiger partial charge in [0.25, 0.3) is 5.91 Å². The predicted octanol–water partition coefficient (Wildman–Crippen LogP) is 1.16. The molecule has 0 spiro atoms. The Hall–Kier alpha value is -2.96. The van der Waals surface area contributed by atoms with Gasteiger partial charge in [0.15, 0.2) is 6.04 Å². The third-order valence-electron chi connectivity index (χ3n) is 5.86. The first-order valence-electron chi connectivity index (χ1n) is 9.09. The molecule has 5 atom stereocenters. The number of carbonyl (C=O) groups excluding carboxylic acids is 3. The second-order valence-corrected chi connectivity index (χ2v) is 7.76. The summed E-state index contributed by atoms with van der Waals surface area (Å²) in [5, 5.41) is 5.87. The molecule has 2 saturated heterocycles. The van der Waals surface area contributed by atoms with Crippen LogP contribution >= 0.6 is 11.6 Å². The summed E-state index contributed by atoms with van der Waals surface area (Å²) in [4.78, 5) is 39.1. The molecule has 3 aliphatic heterocycles. The van der Waals surface area contributed by atoms with Gasteiger partial charge in [0.1, 0.15) is 17.9 Å². The predicted molar refractivity (Wildman–Crippen MR) is 103 cm³/mol. The Kier molecular flexibility index (Phi) is 3.86. The first kappa shape index (κ1) is 17.2. The maximum atomic E-state index is 13.2. The molecular weight excluding hydrogens is 378 g/mol. The van der Waals surface area contributed by atoms with Gasteiger partial charge in [-0.3, -0.25) is 24.6 Å². The molecule has 0 saturated carbocycles. The number of benzene rings is 2. The SMILES string of the molecule is O=C1NC(=O)[C@H]2[C@@H]1[C@@H](C(=O)Nc1ccc(Cl)cc1)[NH+]1C=Cc3ccccc3[C@@H]21. The van der Waals surface area contributed by atoms with Crippen LogP contribution in [0, 0.1) is 11.8 Å². The van der Waals surface area contributed by atoms with Crippen LogP contribution in [-0.2, 0) is 14.4 Å². The Morgan fingerprint density at radius 3 is 2.50 bits per heavy atom. The number of hydrogen-bond donors (Lipinski definition) is 3. The van der Waals surface area contributed by atoms with E-state index in [1.54, 1.807) is 24.3 Å². The molecule has 3 aliphatic rings. The van der Waals surface area contributed by atoms with E-state index in [-0.39, 0.29) is 23.8 Å². The number of fused-ring (bicyclic) bond motifs is 5. The van der Waals surface area contributed by atoms with Gasteiger partial charge in [0.2, 0.25) is 11.8 Å². The molecule has 3 amide bonds. The first-order chi connectivity index (χ1) is 13.5. The summed E-state index contributed by atoms with van der Waals surface area (Å²) >= 11 is 5.91. The fourth-order valence-corrected chi connectivity index (χ4v) is 4.85. The highest BCUT2D eigenvalue weighted by Crippen LogP contribution is 2.40. The number of nitrogens with one attached hydrogen (secondary N) is 3. The van der Waals surface area contributed by atoms with Crippen LogP contribution in [-0.4, -0.2) is 23.8 Å². The van der Waals surface area contributed by atoms with E-state index in [0.29, 0.717) is 10.7 Å². The highest BCUT2D eigenvalue weighted by atomic mass is 35.5. The zero-order chi connectivity index (χ0) is 19.4. The molecule has 3 heterocycles. The number of quaternary nitrogens is 1. The third kappa shape index (κ3) is 2.49. The highest BCUT2D eigenvalue weighted by Gasteiger charge is 2.65. The van der Waals surface area contributed by atoms with Crippen molar-refractivity contribution in [3.05, 3.63) is 70.9 Å². The maximum Gasteiger partial charge on any atom is 0.283 e. The van der Waals surface area contributed by atoms with Gasteiger partial charge in [-0.05, 0) is 35.9 Å². The Balaban J connectivity index is 1.54. The van der Waals surface area contributed by atoms with E-state index in [1.165, 1.54) is 0 Å². The molecule has 5 rings (SSSR count). The molecule has 2 aromatic carbocycles. The van der Waals surface area contributed by atoms with Crippen LogP contribution in [0.3, 0.4) is 0 Å². The Morgan fingerprint density at radius 2 is 1.71 bits per heavy atom. The second-order valence-electron chi connectivity index (χ2n) is 7.32. The average Bonchev–Trinajstić information content (AvgIpc) is 3.19. The van der Waals surface area contributed by atoms with Gasteiger partial charge in [0, 0.05) is 16.3 Å². The van der Waals surface area contributed by atoms with Gasteiger partial charge in [-0.2, -0.15) is 0 Å². The van der Waals surface area contributed by atoms with E-state index >= 15 is 0 Å². The monoisotopic (exact) mass is 394 g/mol. The zero-order valence-corrected chi connectivity index (χ0v) is 15.4. The van der Waals surface area contributed by atoms with Gasteiger partial charge in [-0.25, -0.2) is 0 Å². The molecule has 0 aliphatic carbocycles. The largest absolute Gasteiger partial charge is 0.321 e. The van der Waals surface area contributed by atoms with Crippen molar-refractivity contribution in [3.63, 3.8) is 0 Å². The van der Waals surface area contributed by atoms with Crippen molar-refractivity contribution in [2.24, 2.45) is 11.8 Å². The fraction of sp³-hybridized carbons (Fsp3) is 0.190. The third-order valence-corrected chi connectivity index (χ3v) is 6.11. The summed E-state index contributed by atoms with van der Waals surface area (Å²) in [5.74, 6) is -2.22. The molecule has 0 radical (unpaired) electrons. The van der Waals surface area contributed by atoms with Crippen molar-refractivity contribution in [2.75, 3.05) is 5.32 Å². The van der Waals surface area contributed by atoms with Crippen LogP contribution in [0.25, 0.3) is 6.08 Å². The standard InChI is InChI=1S/C21H16ClN3O3/c22-12-5-7-13(8-6-12)23-21(28)18-16-15(19(26)24-20(16)27)17-14-4-2-1-3-11(14)9-10-25(17)18/h1-10,15-18H,(H,23,28)(H,24,26,27)/p+1/t15-,16+,17-,18-/m0/s1. The molecule has 0 bridgehead atoms. The molecule has 7 heteroatoms. The Labute approximate surface area is 166 Å². The lowest BCUT2D eigenvalue weighted by molar-refractivity contribution is -0.884. The van der Waals surface area contributed by atoms with Crippen molar-refractivity contribution < 1.29 is 19.3 Å². The molecule has 6 nitrogen and oxygen atoms in total. The maximum absolute atomic E-state index is 13.2. The molecule has 1 unspecified atom stereocenters. The minimum Gasteiger partial charge on any atom is -0.321 e. The van der Waals surface area contributed by atoms with E-state index in [2.05, 4.69) is 10.6 Å². The van der Waals surface area contributed by atoms with Crippen molar-refractivity contribution in [3.8, 4) is 0 Å². The van der Waals surface area contributed by atoms with E-state index < -0.39 is 17.9 Å². The minimum atomic E-state index is -0.699. The molecule has 2 aromatic rings. The van der Waals surface area contributed by atoms with Gasteiger partial charge >= 0.3 is 0 Å². The topological polar surface area (TPSA) is 79.7 Å². The smallest absolute Gasteiger partial charge is 0.283 e. The second kappa shape index (κ2) is 6.29. The lowest BCUT2D eigenvalue weighted by atomic mass is 9.84. The molecule has 140 valence electrons. The van der Waals surface area contributed by atoms with Crippen LogP contribution in [0.2, 0.25) is 5.02 Å². The quantitative estimate of drug-likeness (QED) is 0.669. The van der Waals surface area contributed by atoms with Gasteiger partial charge < -0.3 is 5.32 Å². The molecule has 2 fully saturated rings. The number of anilines is 1. The summed E-state index contributed by atoms with van der Waals surface area (Å²) in [6.45, 7) is 0. The highest BCUT2D eigenvalue weighted by molar-refractivity contribution is 6.30. The molecule has 0 aromatic heterocycles. The van der Waals surface area contributed by atoms with E-state index in [1.807, 2.05) is 36.5 Å². The fourth-order valence-electron chi connectivity index (χ4n) is 4.72. The Bertz CT molecular complexity index is 1030. The summed E-state index contributed by atoms with van der Waals surface area (Å²) in [5.41, 5.74) is 2.60. The van der Waals surface area contributed by atoms with E-state index in [4.69, 9.17) is 11.6 Å². The van der Waals surface area contributed by atoms with Crippen molar-refractivity contribution >= 4 is 41.1 Å². The minimum absolute atomic E-state index is 0.265. The number of rotatable bonds is 2. The number of halogens is 1. The average molecular weight is 395 g/mol.